The number of rotatable bonds is 4. The number of aromatic nitrogens is 1. The van der Waals surface area contributed by atoms with Crippen LogP contribution < -0.4 is 5.73 Å². The zero-order valence-electron chi connectivity index (χ0n) is 12.2. The van der Waals surface area contributed by atoms with Crippen LogP contribution in [0, 0.1) is 0 Å². The van der Waals surface area contributed by atoms with E-state index in [1.807, 2.05) is 19.2 Å². The zero-order valence-corrected chi connectivity index (χ0v) is 13.0. The maximum absolute atomic E-state index is 12.5. The molecule has 3 rings (SSSR count). The molecule has 1 fully saturated rings. The predicted molar refractivity (Wildman–Crippen MR) is 86.7 cm³/mol. The first-order valence-electron chi connectivity index (χ1n) is 7.27. The summed E-state index contributed by atoms with van der Waals surface area (Å²) in [6.45, 7) is 3.97. The number of pyridine rings is 1. The number of fused-ring (bicyclic) bond motifs is 1. The number of likely N-dealkylation sites (tertiary alicyclic amines) is 1. The molecule has 2 N–H and O–H groups in total. The average Bonchev–Trinajstić information content (AvgIpc) is 3.13. The molecule has 0 spiro atoms. The molecule has 6 heteroatoms. The number of carbonyl (C=O) groups excluding carboxylic acids is 1. The van der Waals surface area contributed by atoms with Crippen molar-refractivity contribution in [2.24, 2.45) is 0 Å². The van der Waals surface area contributed by atoms with E-state index in [9.17, 15) is 4.79 Å². The number of nitrogens with zero attached hydrogens (tertiary/aromatic N) is 3. The van der Waals surface area contributed by atoms with Crippen LogP contribution in [0.2, 0.25) is 0 Å². The summed E-state index contributed by atoms with van der Waals surface area (Å²) < 4.78 is 0.964. The van der Waals surface area contributed by atoms with Gasteiger partial charge in [-0.25, -0.2) is 0 Å². The molecule has 3 heterocycles. The lowest BCUT2D eigenvalue weighted by molar-refractivity contribution is 0.0788. The van der Waals surface area contributed by atoms with E-state index in [1.165, 1.54) is 24.2 Å². The monoisotopic (exact) mass is 304 g/mol. The SMILES string of the molecule is CN(CCN1CCCC1)C(=O)c1sc2cccnc2c1N. The van der Waals surface area contributed by atoms with Crippen molar-refractivity contribution in [1.82, 2.24) is 14.8 Å². The summed E-state index contributed by atoms with van der Waals surface area (Å²) in [5.41, 5.74) is 7.33. The summed E-state index contributed by atoms with van der Waals surface area (Å²) in [5.74, 6) is -0.00491. The molecule has 0 saturated carbocycles. The normalized spacial score (nSPS) is 15.7. The van der Waals surface area contributed by atoms with Crippen molar-refractivity contribution in [3.8, 4) is 0 Å². The Morgan fingerprint density at radius 2 is 2.24 bits per heavy atom. The summed E-state index contributed by atoms with van der Waals surface area (Å²) in [7, 11) is 1.84. The Morgan fingerprint density at radius 3 is 2.95 bits per heavy atom. The highest BCUT2D eigenvalue weighted by atomic mass is 32.1. The van der Waals surface area contributed by atoms with Crippen LogP contribution >= 0.6 is 11.3 Å². The zero-order chi connectivity index (χ0) is 14.8. The lowest BCUT2D eigenvalue weighted by atomic mass is 10.3. The number of nitrogens with two attached hydrogens (primary N) is 1. The first kappa shape index (κ1) is 14.3. The van der Waals surface area contributed by atoms with Gasteiger partial charge in [0, 0.05) is 26.3 Å². The quantitative estimate of drug-likeness (QED) is 0.939. The Kier molecular flexibility index (Phi) is 4.07. The number of amides is 1. The van der Waals surface area contributed by atoms with Crippen molar-refractivity contribution in [2.75, 3.05) is 39.0 Å². The fourth-order valence-corrected chi connectivity index (χ4v) is 3.75. The number of nitrogen functional groups attached to an aromatic ring is 1. The standard InChI is InChI=1S/C15H20N4OS/c1-18(9-10-19-7-2-3-8-19)15(20)14-12(16)13-11(21-14)5-4-6-17-13/h4-6H,2-3,7-10,16H2,1H3. The second kappa shape index (κ2) is 5.99. The number of likely N-dealkylation sites (N-methyl/N-ethyl adjacent to an activating group) is 1. The largest absolute Gasteiger partial charge is 0.396 e. The summed E-state index contributed by atoms with van der Waals surface area (Å²) in [6, 6.07) is 3.81. The first-order valence-corrected chi connectivity index (χ1v) is 8.09. The molecule has 112 valence electrons. The number of thiophene rings is 1. The van der Waals surface area contributed by atoms with Gasteiger partial charge in [-0.15, -0.1) is 11.3 Å². The van der Waals surface area contributed by atoms with E-state index >= 15 is 0 Å². The molecule has 0 aliphatic carbocycles. The molecule has 5 nitrogen and oxygen atoms in total. The molecule has 0 bridgehead atoms. The maximum Gasteiger partial charge on any atom is 0.265 e. The second-order valence-corrected chi connectivity index (χ2v) is 6.52. The molecular weight excluding hydrogens is 284 g/mol. The minimum absolute atomic E-state index is 0.00491. The third-order valence-corrected chi connectivity index (χ3v) is 5.12. The lowest BCUT2D eigenvalue weighted by Gasteiger charge is -2.21. The van der Waals surface area contributed by atoms with Gasteiger partial charge in [0.2, 0.25) is 0 Å². The Bertz CT molecular complexity index is 648. The Labute approximate surface area is 128 Å². The van der Waals surface area contributed by atoms with Crippen molar-refractivity contribution in [1.29, 1.82) is 0 Å². The van der Waals surface area contributed by atoms with Crippen LogP contribution in [0.5, 0.6) is 0 Å². The maximum atomic E-state index is 12.5. The van der Waals surface area contributed by atoms with Crippen LogP contribution in [0.1, 0.15) is 22.5 Å². The van der Waals surface area contributed by atoms with Gasteiger partial charge in [-0.3, -0.25) is 9.78 Å². The summed E-state index contributed by atoms with van der Waals surface area (Å²) >= 11 is 1.43. The van der Waals surface area contributed by atoms with Gasteiger partial charge in [-0.05, 0) is 38.1 Å². The van der Waals surface area contributed by atoms with Crippen LogP contribution in [0.15, 0.2) is 18.3 Å². The van der Waals surface area contributed by atoms with Crippen LogP contribution in [0.25, 0.3) is 10.2 Å². The van der Waals surface area contributed by atoms with E-state index in [-0.39, 0.29) is 5.91 Å². The second-order valence-electron chi connectivity index (χ2n) is 5.47. The van der Waals surface area contributed by atoms with Gasteiger partial charge in [-0.2, -0.15) is 0 Å². The topological polar surface area (TPSA) is 62.5 Å². The average molecular weight is 304 g/mol. The lowest BCUT2D eigenvalue weighted by Crippen LogP contribution is -2.35. The number of anilines is 1. The summed E-state index contributed by atoms with van der Waals surface area (Å²) in [4.78, 5) is 21.6. The van der Waals surface area contributed by atoms with Gasteiger partial charge in [0.25, 0.3) is 5.91 Å². The number of carbonyl (C=O) groups is 1. The van der Waals surface area contributed by atoms with Gasteiger partial charge in [-0.1, -0.05) is 0 Å². The van der Waals surface area contributed by atoms with Gasteiger partial charge >= 0.3 is 0 Å². The molecule has 0 radical (unpaired) electrons. The van der Waals surface area contributed by atoms with Crippen molar-refractivity contribution < 1.29 is 4.79 Å². The van der Waals surface area contributed by atoms with Crippen molar-refractivity contribution >= 4 is 33.1 Å². The van der Waals surface area contributed by atoms with Crippen LogP contribution in [0.4, 0.5) is 5.69 Å². The van der Waals surface area contributed by atoms with Crippen LogP contribution in [0.3, 0.4) is 0 Å². The predicted octanol–water partition coefficient (Wildman–Crippen LogP) is 2.05. The molecular formula is C15H20N4OS. The number of hydrogen-bond acceptors (Lipinski definition) is 5. The highest BCUT2D eigenvalue weighted by molar-refractivity contribution is 7.21. The molecule has 2 aromatic rings. The molecule has 1 saturated heterocycles. The van der Waals surface area contributed by atoms with E-state index in [1.54, 1.807) is 11.1 Å². The molecule has 1 aliphatic rings. The molecule has 0 aromatic carbocycles. The van der Waals surface area contributed by atoms with E-state index in [2.05, 4.69) is 9.88 Å². The van der Waals surface area contributed by atoms with Gasteiger partial charge < -0.3 is 15.5 Å². The molecule has 0 atom stereocenters. The van der Waals surface area contributed by atoms with E-state index in [0.29, 0.717) is 10.6 Å². The van der Waals surface area contributed by atoms with Crippen molar-refractivity contribution in [2.45, 2.75) is 12.8 Å². The first-order chi connectivity index (χ1) is 10.2. The summed E-state index contributed by atoms with van der Waals surface area (Å²) in [6.07, 6.45) is 4.25. The van der Waals surface area contributed by atoms with E-state index in [0.717, 1.165) is 36.4 Å². The minimum Gasteiger partial charge on any atom is -0.396 e. The third kappa shape index (κ3) is 2.87. The number of hydrogen-bond donors (Lipinski definition) is 1. The van der Waals surface area contributed by atoms with Crippen LogP contribution in [-0.4, -0.2) is 53.9 Å². The minimum atomic E-state index is -0.00491. The fraction of sp³-hybridized carbons (Fsp3) is 0.467. The highest BCUT2D eigenvalue weighted by Crippen LogP contribution is 2.32. The smallest absolute Gasteiger partial charge is 0.265 e. The molecule has 2 aromatic heterocycles. The Morgan fingerprint density at radius 1 is 1.48 bits per heavy atom. The van der Waals surface area contributed by atoms with E-state index in [4.69, 9.17) is 5.73 Å². The van der Waals surface area contributed by atoms with Crippen molar-refractivity contribution in [3.63, 3.8) is 0 Å². The molecule has 21 heavy (non-hydrogen) atoms. The molecule has 0 unspecified atom stereocenters. The van der Waals surface area contributed by atoms with Crippen LogP contribution in [-0.2, 0) is 0 Å². The Hall–Kier alpha value is -1.66. The van der Waals surface area contributed by atoms with Gasteiger partial charge in [0.1, 0.15) is 10.4 Å². The highest BCUT2D eigenvalue weighted by Gasteiger charge is 2.21. The third-order valence-electron chi connectivity index (χ3n) is 3.97. The Balaban J connectivity index is 1.71. The van der Waals surface area contributed by atoms with Crippen molar-refractivity contribution in [3.05, 3.63) is 23.2 Å². The van der Waals surface area contributed by atoms with E-state index < -0.39 is 0 Å². The summed E-state index contributed by atoms with van der Waals surface area (Å²) in [5, 5.41) is 0. The van der Waals surface area contributed by atoms with Gasteiger partial charge in [0.15, 0.2) is 0 Å². The molecule has 1 aliphatic heterocycles. The molecule has 1 amide bonds. The fourth-order valence-electron chi connectivity index (χ4n) is 2.68. The van der Waals surface area contributed by atoms with Gasteiger partial charge in [0.05, 0.1) is 10.4 Å².